The Kier molecular flexibility index (Phi) is 1.25. The molecule has 1 aromatic carbocycles. The van der Waals surface area contributed by atoms with Gasteiger partial charge in [0.05, 0.1) is 0 Å². The zero-order chi connectivity index (χ0) is 8.67. The fourth-order valence-corrected chi connectivity index (χ4v) is 1.73. The van der Waals surface area contributed by atoms with Crippen LogP contribution in [0.25, 0.3) is 5.57 Å². The zero-order valence-electron chi connectivity index (χ0n) is 7.08. The molecule has 0 saturated heterocycles. The van der Waals surface area contributed by atoms with E-state index in [0.717, 1.165) is 17.9 Å². The first-order chi connectivity index (χ1) is 6.43. The molecule has 2 nitrogen and oxygen atoms in total. The number of hydrogen-bond acceptors (Lipinski definition) is 2. The first-order valence-electron chi connectivity index (χ1n) is 4.35. The second kappa shape index (κ2) is 2.39. The van der Waals surface area contributed by atoms with Gasteiger partial charge < -0.3 is 10.1 Å². The maximum absolute atomic E-state index is 5.66. The minimum Gasteiger partial charge on any atom is -0.459 e. The van der Waals surface area contributed by atoms with Crippen LogP contribution in [-0.4, -0.2) is 0 Å². The lowest BCUT2D eigenvalue weighted by Gasteiger charge is -2.24. The molecule has 1 aromatic rings. The highest BCUT2D eigenvalue weighted by Crippen LogP contribution is 2.37. The number of para-hydroxylation sites is 1. The number of fused-ring (bicyclic) bond motifs is 4. The van der Waals surface area contributed by atoms with E-state index in [2.05, 4.69) is 11.4 Å². The Labute approximate surface area is 76.5 Å². The van der Waals surface area contributed by atoms with Crippen molar-refractivity contribution >= 4 is 5.57 Å². The summed E-state index contributed by atoms with van der Waals surface area (Å²) in [4.78, 5) is 0. The number of allylic oxidation sites excluding steroid dienone is 1. The minimum atomic E-state index is 0.907. The van der Waals surface area contributed by atoms with Gasteiger partial charge in [-0.1, -0.05) is 18.2 Å². The Hall–Kier alpha value is -1.70. The molecule has 0 aromatic heterocycles. The molecule has 0 saturated carbocycles. The molecule has 1 N–H and O–H groups in total. The normalized spacial score (nSPS) is 17.5. The summed E-state index contributed by atoms with van der Waals surface area (Å²) in [5.74, 6) is 1.96. The van der Waals surface area contributed by atoms with Crippen molar-refractivity contribution in [1.29, 1.82) is 0 Å². The molecule has 64 valence electrons. The number of benzene rings is 1. The molecule has 3 rings (SSSR count). The van der Waals surface area contributed by atoms with E-state index in [1.165, 1.54) is 11.1 Å². The van der Waals surface area contributed by atoms with Gasteiger partial charge in [-0.3, -0.25) is 0 Å². The molecule has 0 unspecified atom stereocenters. The topological polar surface area (TPSA) is 21.3 Å². The molecular weight excluding hydrogens is 162 g/mol. The number of nitrogens with one attached hydrogen (secondary N) is 1. The van der Waals surface area contributed by atoms with Gasteiger partial charge >= 0.3 is 0 Å². The van der Waals surface area contributed by atoms with Gasteiger partial charge in [0.2, 0.25) is 0 Å². The third-order valence-electron chi connectivity index (χ3n) is 2.34. The first-order valence-corrected chi connectivity index (χ1v) is 4.35. The molecule has 2 aliphatic heterocycles. The van der Waals surface area contributed by atoms with Crippen LogP contribution in [-0.2, 0) is 0 Å². The summed E-state index contributed by atoms with van der Waals surface area (Å²) in [6, 6.07) is 8.12. The van der Waals surface area contributed by atoms with Crippen LogP contribution >= 0.6 is 0 Å². The number of dihydropyridines is 1. The van der Waals surface area contributed by atoms with Crippen LogP contribution in [0.3, 0.4) is 0 Å². The molecular formula is C11H9NO. The Morgan fingerprint density at radius 3 is 3.08 bits per heavy atom. The molecule has 13 heavy (non-hydrogen) atoms. The fraction of sp³-hybridized carbons (Fsp3) is 0.0909. The molecule has 0 atom stereocenters. The van der Waals surface area contributed by atoms with E-state index in [-0.39, 0.29) is 0 Å². The quantitative estimate of drug-likeness (QED) is 0.646. The lowest BCUT2D eigenvalue weighted by Crippen LogP contribution is -2.14. The summed E-state index contributed by atoms with van der Waals surface area (Å²) in [6.07, 6.45) is 4.84. The second-order valence-corrected chi connectivity index (χ2v) is 3.22. The van der Waals surface area contributed by atoms with Crippen molar-refractivity contribution in [1.82, 2.24) is 5.32 Å². The zero-order valence-corrected chi connectivity index (χ0v) is 7.08. The van der Waals surface area contributed by atoms with Crippen LogP contribution in [0.5, 0.6) is 5.75 Å². The molecule has 0 amide bonds. The average molecular weight is 171 g/mol. The SMILES string of the molecule is C1=C2CC(=CN1)c1ccccc1O2. The van der Waals surface area contributed by atoms with Crippen LogP contribution in [0, 0.1) is 0 Å². The molecule has 2 bridgehead atoms. The highest BCUT2D eigenvalue weighted by molar-refractivity contribution is 5.74. The molecule has 2 aliphatic rings. The predicted molar refractivity (Wildman–Crippen MR) is 50.9 cm³/mol. The van der Waals surface area contributed by atoms with Crippen LogP contribution in [0.2, 0.25) is 0 Å². The second-order valence-electron chi connectivity index (χ2n) is 3.22. The maximum Gasteiger partial charge on any atom is 0.134 e. The number of hydrogen-bond donors (Lipinski definition) is 1. The monoisotopic (exact) mass is 171 g/mol. The Morgan fingerprint density at radius 1 is 1.15 bits per heavy atom. The van der Waals surface area contributed by atoms with Crippen molar-refractivity contribution in [3.8, 4) is 5.75 Å². The van der Waals surface area contributed by atoms with Gasteiger partial charge in [-0.25, -0.2) is 0 Å². The highest BCUT2D eigenvalue weighted by Gasteiger charge is 2.20. The van der Waals surface area contributed by atoms with E-state index in [4.69, 9.17) is 4.74 Å². The van der Waals surface area contributed by atoms with E-state index in [1.54, 1.807) is 0 Å². The Morgan fingerprint density at radius 2 is 2.08 bits per heavy atom. The van der Waals surface area contributed by atoms with Gasteiger partial charge in [0.1, 0.15) is 11.5 Å². The molecule has 0 radical (unpaired) electrons. The summed E-state index contributed by atoms with van der Waals surface area (Å²) < 4.78 is 5.66. The van der Waals surface area contributed by atoms with E-state index < -0.39 is 0 Å². The van der Waals surface area contributed by atoms with E-state index in [1.807, 2.05) is 30.6 Å². The smallest absolute Gasteiger partial charge is 0.134 e. The van der Waals surface area contributed by atoms with Crippen molar-refractivity contribution < 1.29 is 4.74 Å². The lowest BCUT2D eigenvalue weighted by atomic mass is 9.98. The fourth-order valence-electron chi connectivity index (χ4n) is 1.73. The van der Waals surface area contributed by atoms with Crippen LogP contribution in [0.15, 0.2) is 42.4 Å². The average Bonchev–Trinajstić information content (AvgIpc) is 2.18. The minimum absolute atomic E-state index is 0.907. The van der Waals surface area contributed by atoms with Crippen molar-refractivity contribution in [3.63, 3.8) is 0 Å². The van der Waals surface area contributed by atoms with Crippen molar-refractivity contribution in [2.45, 2.75) is 6.42 Å². The summed E-state index contributed by atoms with van der Waals surface area (Å²) in [5, 5.41) is 3.08. The molecule has 0 aliphatic carbocycles. The standard InChI is InChI=1S/C11H9NO/c1-2-4-11-10(3-1)8-5-9(13-11)7-12-6-8/h1-4,6-7,12H,5H2. The summed E-state index contributed by atoms with van der Waals surface area (Å²) in [5.41, 5.74) is 2.51. The largest absolute Gasteiger partial charge is 0.459 e. The van der Waals surface area contributed by atoms with Gasteiger partial charge in [0.15, 0.2) is 0 Å². The van der Waals surface area contributed by atoms with Crippen LogP contribution < -0.4 is 10.1 Å². The van der Waals surface area contributed by atoms with Crippen molar-refractivity contribution in [2.24, 2.45) is 0 Å². The summed E-state index contributed by atoms with van der Waals surface area (Å²) in [7, 11) is 0. The third-order valence-corrected chi connectivity index (χ3v) is 2.34. The molecule has 2 heterocycles. The van der Waals surface area contributed by atoms with Gasteiger partial charge in [0, 0.05) is 24.4 Å². The van der Waals surface area contributed by atoms with E-state index in [9.17, 15) is 0 Å². The van der Waals surface area contributed by atoms with Crippen LogP contribution in [0.1, 0.15) is 12.0 Å². The maximum atomic E-state index is 5.66. The summed E-state index contributed by atoms with van der Waals surface area (Å²) >= 11 is 0. The molecule has 0 fully saturated rings. The predicted octanol–water partition coefficient (Wildman–Crippen LogP) is 2.25. The molecule has 2 heteroatoms. The van der Waals surface area contributed by atoms with Gasteiger partial charge in [-0.2, -0.15) is 0 Å². The third kappa shape index (κ3) is 0.952. The van der Waals surface area contributed by atoms with Crippen molar-refractivity contribution in [3.05, 3.63) is 48.0 Å². The van der Waals surface area contributed by atoms with Gasteiger partial charge in [-0.15, -0.1) is 0 Å². The Balaban J connectivity index is 2.22. The van der Waals surface area contributed by atoms with Crippen LogP contribution in [0.4, 0.5) is 0 Å². The first kappa shape index (κ1) is 6.78. The number of rotatable bonds is 0. The number of ether oxygens (including phenoxy) is 1. The lowest BCUT2D eigenvalue weighted by molar-refractivity contribution is 0.400. The Bertz CT molecular complexity index is 418. The summed E-state index contributed by atoms with van der Waals surface area (Å²) in [6.45, 7) is 0. The van der Waals surface area contributed by atoms with Gasteiger partial charge in [0.25, 0.3) is 0 Å². The van der Waals surface area contributed by atoms with E-state index in [0.29, 0.717) is 0 Å². The molecule has 0 spiro atoms. The van der Waals surface area contributed by atoms with Crippen molar-refractivity contribution in [2.75, 3.05) is 0 Å². The highest BCUT2D eigenvalue weighted by atomic mass is 16.5. The van der Waals surface area contributed by atoms with Gasteiger partial charge in [-0.05, 0) is 11.6 Å². The van der Waals surface area contributed by atoms with E-state index >= 15 is 0 Å².